The SMILES string of the molecule is Cc1ccc(OCC2CCN(C(=O)CC3CSc4nc(C)cc(=O)n43)C2)nn1. The second-order valence-corrected chi connectivity index (χ2v) is 8.36. The van der Waals surface area contributed by atoms with Gasteiger partial charge in [-0.2, -0.15) is 5.10 Å². The van der Waals surface area contributed by atoms with E-state index in [0.717, 1.165) is 29.5 Å². The van der Waals surface area contributed by atoms with Crippen LogP contribution >= 0.6 is 11.8 Å². The number of amides is 1. The molecule has 0 bridgehead atoms. The molecule has 148 valence electrons. The number of aromatic nitrogens is 4. The molecule has 1 amide bonds. The minimum Gasteiger partial charge on any atom is -0.476 e. The standard InChI is InChI=1S/C19H23N5O3S/c1-12-3-4-16(22-21-12)27-10-14-5-6-23(9-14)17(25)8-15-11-28-19-20-13(2)7-18(26)24(15)19/h3-4,7,14-15H,5-6,8-11H2,1-2H3. The van der Waals surface area contributed by atoms with Crippen molar-refractivity contribution in [2.75, 3.05) is 25.4 Å². The van der Waals surface area contributed by atoms with Gasteiger partial charge in [0.05, 0.1) is 18.3 Å². The summed E-state index contributed by atoms with van der Waals surface area (Å²) in [5.74, 6) is 1.59. The minimum absolute atomic E-state index is 0.0720. The molecule has 9 heteroatoms. The monoisotopic (exact) mass is 401 g/mol. The van der Waals surface area contributed by atoms with E-state index in [9.17, 15) is 9.59 Å². The van der Waals surface area contributed by atoms with Crippen LogP contribution < -0.4 is 10.3 Å². The Kier molecular flexibility index (Phi) is 5.34. The molecule has 1 saturated heterocycles. The Hall–Kier alpha value is -2.42. The third kappa shape index (κ3) is 4.04. The number of carbonyl (C=O) groups is 1. The highest BCUT2D eigenvalue weighted by Gasteiger charge is 2.32. The van der Waals surface area contributed by atoms with Crippen molar-refractivity contribution in [2.24, 2.45) is 5.92 Å². The Balaban J connectivity index is 1.31. The van der Waals surface area contributed by atoms with Crippen molar-refractivity contribution >= 4 is 17.7 Å². The highest BCUT2D eigenvalue weighted by atomic mass is 32.2. The lowest BCUT2D eigenvalue weighted by atomic mass is 10.1. The molecule has 1 fully saturated rings. The molecule has 0 N–H and O–H groups in total. The Morgan fingerprint density at radius 3 is 2.93 bits per heavy atom. The molecule has 2 unspecified atom stereocenters. The van der Waals surface area contributed by atoms with Gasteiger partial charge < -0.3 is 9.64 Å². The molecule has 4 heterocycles. The molecule has 2 aromatic heterocycles. The maximum absolute atomic E-state index is 12.8. The van der Waals surface area contributed by atoms with Gasteiger partial charge in [0.2, 0.25) is 11.8 Å². The third-order valence-corrected chi connectivity index (χ3v) is 6.20. The quantitative estimate of drug-likeness (QED) is 0.703. The first-order chi connectivity index (χ1) is 13.5. The van der Waals surface area contributed by atoms with Crippen LogP contribution in [0.4, 0.5) is 0 Å². The van der Waals surface area contributed by atoms with Gasteiger partial charge in [0.1, 0.15) is 0 Å². The molecule has 2 atom stereocenters. The lowest BCUT2D eigenvalue weighted by Gasteiger charge is -2.20. The Morgan fingerprint density at radius 2 is 2.14 bits per heavy atom. The summed E-state index contributed by atoms with van der Waals surface area (Å²) in [6, 6.07) is 5.08. The normalized spacial score (nSPS) is 21.0. The smallest absolute Gasteiger partial charge is 0.254 e. The zero-order chi connectivity index (χ0) is 19.7. The van der Waals surface area contributed by atoms with E-state index in [2.05, 4.69) is 15.2 Å². The largest absolute Gasteiger partial charge is 0.476 e. The molecule has 4 rings (SSSR count). The van der Waals surface area contributed by atoms with Crippen LogP contribution in [0.5, 0.6) is 5.88 Å². The maximum atomic E-state index is 12.8. The molecule has 0 aromatic carbocycles. The van der Waals surface area contributed by atoms with Gasteiger partial charge in [-0.25, -0.2) is 4.98 Å². The fraction of sp³-hybridized carbons (Fsp3) is 0.526. The van der Waals surface area contributed by atoms with Gasteiger partial charge in [0.15, 0.2) is 5.16 Å². The summed E-state index contributed by atoms with van der Waals surface area (Å²) >= 11 is 1.54. The van der Waals surface area contributed by atoms with Crippen molar-refractivity contribution in [2.45, 2.75) is 37.9 Å². The molecule has 0 aliphatic carbocycles. The summed E-state index contributed by atoms with van der Waals surface area (Å²) in [5.41, 5.74) is 1.50. The number of thioether (sulfide) groups is 1. The van der Waals surface area contributed by atoms with Crippen molar-refractivity contribution in [3.05, 3.63) is 39.9 Å². The summed E-state index contributed by atoms with van der Waals surface area (Å²) < 4.78 is 7.38. The van der Waals surface area contributed by atoms with Gasteiger partial charge in [-0.3, -0.25) is 14.2 Å². The Labute approximate surface area is 167 Å². The molecule has 2 aromatic rings. The maximum Gasteiger partial charge on any atom is 0.254 e. The van der Waals surface area contributed by atoms with E-state index < -0.39 is 0 Å². The summed E-state index contributed by atoms with van der Waals surface area (Å²) in [4.78, 5) is 31.4. The second-order valence-electron chi connectivity index (χ2n) is 7.38. The molecule has 0 radical (unpaired) electrons. The number of hydrogen-bond acceptors (Lipinski definition) is 7. The van der Waals surface area contributed by atoms with E-state index in [1.165, 1.54) is 6.07 Å². The second kappa shape index (κ2) is 7.90. The van der Waals surface area contributed by atoms with Crippen molar-refractivity contribution < 1.29 is 9.53 Å². The number of fused-ring (bicyclic) bond motifs is 1. The highest BCUT2D eigenvalue weighted by molar-refractivity contribution is 7.99. The van der Waals surface area contributed by atoms with E-state index in [4.69, 9.17) is 4.74 Å². The fourth-order valence-corrected chi connectivity index (χ4v) is 4.80. The summed E-state index contributed by atoms with van der Waals surface area (Å²) in [6.07, 6.45) is 1.24. The van der Waals surface area contributed by atoms with Crippen molar-refractivity contribution in [1.82, 2.24) is 24.6 Å². The van der Waals surface area contributed by atoms with Gasteiger partial charge in [-0.05, 0) is 26.3 Å². The number of hydrogen-bond donors (Lipinski definition) is 0. The number of aryl methyl sites for hydroxylation is 2. The topological polar surface area (TPSA) is 90.2 Å². The number of carbonyl (C=O) groups excluding carboxylic acids is 1. The zero-order valence-corrected chi connectivity index (χ0v) is 16.8. The van der Waals surface area contributed by atoms with Gasteiger partial charge >= 0.3 is 0 Å². The number of likely N-dealkylation sites (tertiary alicyclic amines) is 1. The molecule has 28 heavy (non-hydrogen) atoms. The average Bonchev–Trinajstić information content (AvgIpc) is 3.28. The van der Waals surface area contributed by atoms with Crippen molar-refractivity contribution in [3.63, 3.8) is 0 Å². The first-order valence-corrected chi connectivity index (χ1v) is 10.4. The molecule has 0 spiro atoms. The first-order valence-electron chi connectivity index (χ1n) is 9.43. The summed E-state index contributed by atoms with van der Waals surface area (Å²) in [7, 11) is 0. The van der Waals surface area contributed by atoms with Crippen LogP contribution in [0.2, 0.25) is 0 Å². The van der Waals surface area contributed by atoms with E-state index in [1.807, 2.05) is 30.9 Å². The minimum atomic E-state index is -0.119. The number of ether oxygens (including phenoxy) is 1. The molecule has 2 aliphatic rings. The van der Waals surface area contributed by atoms with Crippen LogP contribution in [0.25, 0.3) is 0 Å². The molecular weight excluding hydrogens is 378 g/mol. The fourth-order valence-electron chi connectivity index (χ4n) is 3.61. The zero-order valence-electron chi connectivity index (χ0n) is 16.0. The van der Waals surface area contributed by atoms with Crippen molar-refractivity contribution in [1.29, 1.82) is 0 Å². The van der Waals surface area contributed by atoms with Gasteiger partial charge in [0, 0.05) is 49.0 Å². The summed E-state index contributed by atoms with van der Waals surface area (Å²) in [5, 5.41) is 8.70. The Morgan fingerprint density at radius 1 is 1.29 bits per heavy atom. The van der Waals surface area contributed by atoms with Crippen LogP contribution in [0.1, 0.15) is 30.3 Å². The molecular formula is C19H23N5O3S. The van der Waals surface area contributed by atoms with Crippen molar-refractivity contribution in [3.8, 4) is 5.88 Å². The van der Waals surface area contributed by atoms with Crippen LogP contribution in [0, 0.1) is 19.8 Å². The molecule has 0 saturated carbocycles. The third-order valence-electron chi connectivity index (χ3n) is 5.11. The highest BCUT2D eigenvalue weighted by Crippen LogP contribution is 2.32. The lowest BCUT2D eigenvalue weighted by Crippen LogP contribution is -2.33. The average molecular weight is 401 g/mol. The number of nitrogens with zero attached hydrogens (tertiary/aromatic N) is 5. The van der Waals surface area contributed by atoms with Crippen LogP contribution in [-0.2, 0) is 4.79 Å². The predicted octanol–water partition coefficient (Wildman–Crippen LogP) is 1.61. The van der Waals surface area contributed by atoms with Gasteiger partial charge in [-0.15, -0.1) is 5.10 Å². The van der Waals surface area contributed by atoms with Gasteiger partial charge in [-0.1, -0.05) is 11.8 Å². The number of rotatable bonds is 5. The van der Waals surface area contributed by atoms with E-state index >= 15 is 0 Å². The van der Waals surface area contributed by atoms with E-state index in [0.29, 0.717) is 31.2 Å². The Bertz CT molecular complexity index is 930. The summed E-state index contributed by atoms with van der Waals surface area (Å²) in [6.45, 7) is 5.61. The van der Waals surface area contributed by atoms with Crippen LogP contribution in [0.3, 0.4) is 0 Å². The van der Waals surface area contributed by atoms with E-state index in [-0.39, 0.29) is 23.4 Å². The van der Waals surface area contributed by atoms with Crippen LogP contribution in [-0.4, -0.2) is 56.0 Å². The van der Waals surface area contributed by atoms with Gasteiger partial charge in [0.25, 0.3) is 5.56 Å². The van der Waals surface area contributed by atoms with Crippen LogP contribution in [0.15, 0.2) is 28.2 Å². The first kappa shape index (κ1) is 18.9. The van der Waals surface area contributed by atoms with E-state index in [1.54, 1.807) is 16.3 Å². The predicted molar refractivity (Wildman–Crippen MR) is 105 cm³/mol. The molecule has 8 nitrogen and oxygen atoms in total. The molecule has 2 aliphatic heterocycles. The lowest BCUT2D eigenvalue weighted by molar-refractivity contribution is -0.131.